The van der Waals surface area contributed by atoms with Crippen molar-refractivity contribution in [1.29, 1.82) is 0 Å². The molecule has 6 nitrogen and oxygen atoms in total. The Morgan fingerprint density at radius 2 is 1.26 bits per heavy atom. The minimum atomic E-state index is -0.164. The van der Waals surface area contributed by atoms with Crippen molar-refractivity contribution in [3.8, 4) is 0 Å². The smallest absolute Gasteiger partial charge is 0.236 e. The maximum absolute atomic E-state index is 13.0. The fraction of sp³-hybridized carbons (Fsp3) is 0.500. The van der Waals surface area contributed by atoms with Gasteiger partial charge in [-0.05, 0) is 29.4 Å². The summed E-state index contributed by atoms with van der Waals surface area (Å²) in [6, 6.07) is 20.0. The molecule has 0 aliphatic carbocycles. The summed E-state index contributed by atoms with van der Waals surface area (Å²) in [6.07, 6.45) is 1.21. The van der Waals surface area contributed by atoms with Gasteiger partial charge in [0.2, 0.25) is 11.8 Å². The number of piperazine rings is 1. The fourth-order valence-corrected chi connectivity index (χ4v) is 5.32. The van der Waals surface area contributed by atoms with Gasteiger partial charge in [0, 0.05) is 39.3 Å². The minimum absolute atomic E-state index is 0.0264. The van der Waals surface area contributed by atoms with Crippen LogP contribution in [0.25, 0.3) is 0 Å². The minimum Gasteiger partial charge on any atom is -0.344 e. The number of rotatable bonds is 7. The van der Waals surface area contributed by atoms with Crippen molar-refractivity contribution >= 4 is 11.8 Å². The lowest BCUT2D eigenvalue weighted by Crippen LogP contribution is -2.53. The molecule has 0 unspecified atom stereocenters. The zero-order chi connectivity index (χ0) is 23.9. The Morgan fingerprint density at radius 1 is 0.794 bits per heavy atom. The quantitative estimate of drug-likeness (QED) is 0.687. The molecule has 2 aromatic carbocycles. The zero-order valence-corrected chi connectivity index (χ0v) is 20.5. The van der Waals surface area contributed by atoms with Gasteiger partial charge in [-0.3, -0.25) is 19.4 Å². The molecule has 2 fully saturated rings. The predicted octanol–water partition coefficient (Wildman–Crippen LogP) is 3.01. The molecule has 2 aliphatic rings. The highest BCUT2D eigenvalue weighted by Gasteiger charge is 2.28. The van der Waals surface area contributed by atoms with E-state index in [0.29, 0.717) is 24.9 Å². The molecule has 2 heterocycles. The molecule has 0 spiro atoms. The Kier molecular flexibility index (Phi) is 8.35. The molecule has 2 saturated heterocycles. The molecule has 2 atom stereocenters. The summed E-state index contributed by atoms with van der Waals surface area (Å²) in [6.45, 7) is 10.3. The van der Waals surface area contributed by atoms with Gasteiger partial charge in [-0.1, -0.05) is 74.5 Å². The number of likely N-dealkylation sites (tertiary alicyclic amines) is 1. The molecule has 182 valence electrons. The first kappa shape index (κ1) is 24.4. The second-order valence-electron chi connectivity index (χ2n) is 10.1. The third-order valence-corrected chi connectivity index (χ3v) is 6.98. The summed E-state index contributed by atoms with van der Waals surface area (Å²) >= 11 is 0. The van der Waals surface area contributed by atoms with E-state index in [-0.39, 0.29) is 17.9 Å². The van der Waals surface area contributed by atoms with Crippen LogP contribution < -0.4 is 5.32 Å². The van der Waals surface area contributed by atoms with Crippen LogP contribution in [-0.2, 0) is 9.59 Å². The van der Waals surface area contributed by atoms with Crippen molar-refractivity contribution < 1.29 is 9.59 Å². The van der Waals surface area contributed by atoms with Gasteiger partial charge < -0.3 is 10.2 Å². The average molecular weight is 463 g/mol. The van der Waals surface area contributed by atoms with Gasteiger partial charge in [0.05, 0.1) is 19.1 Å². The first-order valence-corrected chi connectivity index (χ1v) is 12.6. The van der Waals surface area contributed by atoms with E-state index in [1.165, 1.54) is 6.42 Å². The van der Waals surface area contributed by atoms with Crippen molar-refractivity contribution in [3.63, 3.8) is 0 Å². The lowest BCUT2D eigenvalue weighted by Gasteiger charge is -2.38. The highest BCUT2D eigenvalue weighted by atomic mass is 16.2. The van der Waals surface area contributed by atoms with E-state index >= 15 is 0 Å². The van der Waals surface area contributed by atoms with Gasteiger partial charge >= 0.3 is 0 Å². The second kappa shape index (κ2) is 11.6. The van der Waals surface area contributed by atoms with Crippen LogP contribution in [0.15, 0.2) is 60.7 Å². The molecule has 0 saturated carbocycles. The first-order valence-electron chi connectivity index (χ1n) is 12.6. The summed E-state index contributed by atoms with van der Waals surface area (Å²) in [5.74, 6) is 1.44. The van der Waals surface area contributed by atoms with Crippen LogP contribution in [-0.4, -0.2) is 78.9 Å². The number of amides is 2. The van der Waals surface area contributed by atoms with Crippen LogP contribution in [0.2, 0.25) is 0 Å². The third-order valence-electron chi connectivity index (χ3n) is 6.98. The number of piperidine rings is 1. The molecular weight excluding hydrogens is 424 g/mol. The number of carbonyl (C=O) groups excluding carboxylic acids is 2. The third kappa shape index (κ3) is 6.67. The highest BCUT2D eigenvalue weighted by Crippen LogP contribution is 2.22. The number of nitrogens with one attached hydrogen (secondary N) is 1. The topological polar surface area (TPSA) is 55.9 Å². The van der Waals surface area contributed by atoms with Gasteiger partial charge in [0.15, 0.2) is 0 Å². The first-order chi connectivity index (χ1) is 16.5. The standard InChI is InChI=1S/C28H38N4O2/c1-22-17-23(2)19-32(18-22)27(34)21-31-15-13-30(14-16-31)20-26(33)29-28(24-9-5-3-6-10-24)25-11-7-4-8-12-25/h3-12,22-23,28H,13-21H2,1-2H3,(H,29,33)/t22-,23-/m1/s1. The van der Waals surface area contributed by atoms with E-state index in [4.69, 9.17) is 0 Å². The van der Waals surface area contributed by atoms with E-state index in [2.05, 4.69) is 53.2 Å². The summed E-state index contributed by atoms with van der Waals surface area (Å²) < 4.78 is 0. The van der Waals surface area contributed by atoms with E-state index < -0.39 is 0 Å². The summed E-state index contributed by atoms with van der Waals surface area (Å²) in [5, 5.41) is 3.24. The molecule has 6 heteroatoms. The molecule has 2 aliphatic heterocycles. The lowest BCUT2D eigenvalue weighted by atomic mass is 9.92. The van der Waals surface area contributed by atoms with E-state index in [9.17, 15) is 9.59 Å². The Hall–Kier alpha value is -2.70. The number of nitrogens with zero attached hydrogens (tertiary/aromatic N) is 3. The Balaban J connectivity index is 1.26. The molecule has 0 radical (unpaired) electrons. The summed E-state index contributed by atoms with van der Waals surface area (Å²) in [4.78, 5) is 32.3. The van der Waals surface area contributed by atoms with Crippen LogP contribution in [0.3, 0.4) is 0 Å². The number of hydrogen-bond donors (Lipinski definition) is 1. The van der Waals surface area contributed by atoms with Crippen molar-refractivity contribution in [2.45, 2.75) is 26.3 Å². The van der Waals surface area contributed by atoms with E-state index in [1.54, 1.807) is 0 Å². The van der Waals surface area contributed by atoms with Crippen molar-refractivity contribution in [3.05, 3.63) is 71.8 Å². The molecule has 4 rings (SSSR count). The molecule has 34 heavy (non-hydrogen) atoms. The van der Waals surface area contributed by atoms with Crippen molar-refractivity contribution in [2.75, 3.05) is 52.4 Å². The number of carbonyl (C=O) groups is 2. The van der Waals surface area contributed by atoms with Crippen LogP contribution in [0.5, 0.6) is 0 Å². The largest absolute Gasteiger partial charge is 0.344 e. The Labute approximate surface area is 203 Å². The van der Waals surface area contributed by atoms with E-state index in [0.717, 1.165) is 50.4 Å². The maximum atomic E-state index is 13.0. The summed E-state index contributed by atoms with van der Waals surface area (Å²) in [5.41, 5.74) is 2.15. The lowest BCUT2D eigenvalue weighted by molar-refractivity contribution is -0.135. The predicted molar refractivity (Wildman–Crippen MR) is 135 cm³/mol. The fourth-order valence-electron chi connectivity index (χ4n) is 5.32. The monoisotopic (exact) mass is 462 g/mol. The normalized spacial score (nSPS) is 22.0. The molecule has 2 amide bonds. The Bertz CT molecular complexity index is 878. The van der Waals surface area contributed by atoms with Crippen LogP contribution in [0, 0.1) is 11.8 Å². The average Bonchev–Trinajstić information content (AvgIpc) is 2.84. The highest BCUT2D eigenvalue weighted by molar-refractivity contribution is 5.79. The van der Waals surface area contributed by atoms with Crippen LogP contribution in [0.1, 0.15) is 37.4 Å². The molecule has 0 aromatic heterocycles. The zero-order valence-electron chi connectivity index (χ0n) is 20.5. The van der Waals surface area contributed by atoms with Gasteiger partial charge in [-0.2, -0.15) is 0 Å². The SMILES string of the molecule is C[C@@H]1C[C@@H](C)CN(C(=O)CN2CCN(CC(=O)NC(c3ccccc3)c3ccccc3)CC2)C1. The molecule has 2 aromatic rings. The Morgan fingerprint density at radius 3 is 1.76 bits per heavy atom. The van der Waals surface area contributed by atoms with Crippen LogP contribution in [0.4, 0.5) is 0 Å². The van der Waals surface area contributed by atoms with Gasteiger partial charge in [0.25, 0.3) is 0 Å². The number of benzene rings is 2. The number of hydrogen-bond acceptors (Lipinski definition) is 4. The van der Waals surface area contributed by atoms with Crippen molar-refractivity contribution in [1.82, 2.24) is 20.0 Å². The molecular formula is C28H38N4O2. The van der Waals surface area contributed by atoms with E-state index in [1.807, 2.05) is 41.3 Å². The van der Waals surface area contributed by atoms with Crippen LogP contribution >= 0.6 is 0 Å². The van der Waals surface area contributed by atoms with Crippen molar-refractivity contribution in [2.24, 2.45) is 11.8 Å². The maximum Gasteiger partial charge on any atom is 0.236 e. The molecule has 1 N–H and O–H groups in total. The van der Waals surface area contributed by atoms with Gasteiger partial charge in [-0.25, -0.2) is 0 Å². The molecule has 0 bridgehead atoms. The van der Waals surface area contributed by atoms with Gasteiger partial charge in [0.1, 0.15) is 0 Å². The van der Waals surface area contributed by atoms with Gasteiger partial charge in [-0.15, -0.1) is 0 Å². The summed E-state index contributed by atoms with van der Waals surface area (Å²) in [7, 11) is 0. The second-order valence-corrected chi connectivity index (χ2v) is 10.1.